The maximum absolute atomic E-state index is 13.3. The standard InChI is InChI=1S/C12H8F2N4O2/c13-7-2-1-6(3-8(7)14)10-4-9(11(19)20)17-12-15-5-16-18(10)12/h1-5,10H,(H,19,20)(H,15,16,17). The number of carbonyl (C=O) groups is 1. The molecule has 0 radical (unpaired) electrons. The number of allylic oxidation sites excluding steroid dienone is 1. The van der Waals surface area contributed by atoms with Gasteiger partial charge in [-0.25, -0.2) is 18.3 Å². The molecular weight excluding hydrogens is 270 g/mol. The quantitative estimate of drug-likeness (QED) is 0.871. The van der Waals surface area contributed by atoms with E-state index in [-0.39, 0.29) is 11.6 Å². The number of hydrogen-bond acceptors (Lipinski definition) is 4. The summed E-state index contributed by atoms with van der Waals surface area (Å²) >= 11 is 0. The molecular formula is C12H8F2N4O2. The van der Waals surface area contributed by atoms with Gasteiger partial charge in [0.05, 0.1) is 0 Å². The molecule has 1 aliphatic rings. The summed E-state index contributed by atoms with van der Waals surface area (Å²) in [6, 6.07) is 2.69. The fourth-order valence-corrected chi connectivity index (χ4v) is 1.99. The first-order valence-corrected chi connectivity index (χ1v) is 5.63. The van der Waals surface area contributed by atoms with Crippen LogP contribution in [0, 0.1) is 11.6 Å². The Morgan fingerprint density at radius 2 is 2.15 bits per heavy atom. The van der Waals surface area contributed by atoms with Crippen molar-refractivity contribution in [2.75, 3.05) is 5.32 Å². The number of anilines is 1. The van der Waals surface area contributed by atoms with Gasteiger partial charge >= 0.3 is 5.97 Å². The molecule has 0 aliphatic carbocycles. The topological polar surface area (TPSA) is 80.0 Å². The third-order valence-electron chi connectivity index (χ3n) is 2.92. The summed E-state index contributed by atoms with van der Waals surface area (Å²) in [6.45, 7) is 0. The van der Waals surface area contributed by atoms with E-state index in [4.69, 9.17) is 5.11 Å². The fourth-order valence-electron chi connectivity index (χ4n) is 1.99. The van der Waals surface area contributed by atoms with E-state index < -0.39 is 23.6 Å². The SMILES string of the molecule is O=C(O)C1=CC(c2ccc(F)c(F)c2)n2ncnc2N1. The van der Waals surface area contributed by atoms with Crippen molar-refractivity contribution in [3.63, 3.8) is 0 Å². The Labute approximate surface area is 111 Å². The van der Waals surface area contributed by atoms with Crippen molar-refractivity contribution in [2.24, 2.45) is 0 Å². The van der Waals surface area contributed by atoms with Gasteiger partial charge in [-0.3, -0.25) is 0 Å². The number of fused-ring (bicyclic) bond motifs is 1. The highest BCUT2D eigenvalue weighted by Gasteiger charge is 2.26. The summed E-state index contributed by atoms with van der Waals surface area (Å²) in [6.07, 6.45) is 2.60. The summed E-state index contributed by atoms with van der Waals surface area (Å²) in [7, 11) is 0. The van der Waals surface area contributed by atoms with Gasteiger partial charge in [-0.05, 0) is 23.8 Å². The maximum atomic E-state index is 13.3. The number of benzene rings is 1. The van der Waals surface area contributed by atoms with Gasteiger partial charge in [-0.15, -0.1) is 0 Å². The molecule has 1 aromatic heterocycles. The number of halogens is 2. The van der Waals surface area contributed by atoms with Crippen LogP contribution in [0.1, 0.15) is 11.6 Å². The Balaban J connectivity index is 2.11. The third-order valence-corrected chi connectivity index (χ3v) is 2.92. The first kappa shape index (κ1) is 12.3. The van der Waals surface area contributed by atoms with Crippen LogP contribution in [0.15, 0.2) is 36.3 Å². The molecule has 2 heterocycles. The highest BCUT2D eigenvalue weighted by molar-refractivity contribution is 5.90. The van der Waals surface area contributed by atoms with Gasteiger partial charge in [-0.2, -0.15) is 10.1 Å². The van der Waals surface area contributed by atoms with E-state index in [0.29, 0.717) is 5.56 Å². The van der Waals surface area contributed by atoms with E-state index in [1.807, 2.05) is 0 Å². The van der Waals surface area contributed by atoms with Crippen molar-refractivity contribution >= 4 is 11.9 Å². The zero-order chi connectivity index (χ0) is 14.3. The van der Waals surface area contributed by atoms with E-state index in [1.165, 1.54) is 23.2 Å². The number of aliphatic carboxylic acids is 1. The van der Waals surface area contributed by atoms with Crippen LogP contribution in [0.3, 0.4) is 0 Å². The zero-order valence-electron chi connectivity index (χ0n) is 9.92. The van der Waals surface area contributed by atoms with Crippen LogP contribution in [0.5, 0.6) is 0 Å². The van der Waals surface area contributed by atoms with Gasteiger partial charge in [0.25, 0.3) is 0 Å². The molecule has 1 unspecified atom stereocenters. The number of nitrogens with zero attached hydrogens (tertiary/aromatic N) is 3. The molecule has 0 bridgehead atoms. The molecule has 2 N–H and O–H groups in total. The lowest BCUT2D eigenvalue weighted by atomic mass is 10.0. The second kappa shape index (κ2) is 4.41. The predicted octanol–water partition coefficient (Wildman–Crippen LogP) is 1.54. The average Bonchev–Trinajstić information content (AvgIpc) is 2.89. The largest absolute Gasteiger partial charge is 0.477 e. The maximum Gasteiger partial charge on any atom is 0.352 e. The normalized spacial score (nSPS) is 17.1. The monoisotopic (exact) mass is 278 g/mol. The Morgan fingerprint density at radius 3 is 2.85 bits per heavy atom. The highest BCUT2D eigenvalue weighted by Crippen LogP contribution is 2.28. The second-order valence-electron chi connectivity index (χ2n) is 4.16. The summed E-state index contributed by atoms with van der Waals surface area (Å²) in [5.41, 5.74) is 0.274. The molecule has 102 valence electrons. The smallest absolute Gasteiger partial charge is 0.352 e. The average molecular weight is 278 g/mol. The minimum Gasteiger partial charge on any atom is -0.477 e. The van der Waals surface area contributed by atoms with E-state index in [9.17, 15) is 13.6 Å². The van der Waals surface area contributed by atoms with Crippen molar-refractivity contribution in [1.29, 1.82) is 0 Å². The van der Waals surface area contributed by atoms with Gasteiger partial charge in [-0.1, -0.05) is 6.07 Å². The number of aromatic nitrogens is 3. The van der Waals surface area contributed by atoms with Gasteiger partial charge in [0.2, 0.25) is 5.95 Å². The van der Waals surface area contributed by atoms with Crippen LogP contribution in [-0.2, 0) is 4.79 Å². The first-order valence-electron chi connectivity index (χ1n) is 5.63. The van der Waals surface area contributed by atoms with Crippen molar-refractivity contribution in [2.45, 2.75) is 6.04 Å². The number of rotatable bonds is 2. The zero-order valence-corrected chi connectivity index (χ0v) is 9.92. The van der Waals surface area contributed by atoms with Crippen LogP contribution in [0.25, 0.3) is 0 Å². The molecule has 1 aromatic carbocycles. The lowest BCUT2D eigenvalue weighted by Gasteiger charge is -2.22. The van der Waals surface area contributed by atoms with Crippen LogP contribution in [0.2, 0.25) is 0 Å². The van der Waals surface area contributed by atoms with E-state index in [1.54, 1.807) is 0 Å². The minimum absolute atomic E-state index is 0.0970. The van der Waals surface area contributed by atoms with Crippen molar-refractivity contribution in [1.82, 2.24) is 14.8 Å². The Hall–Kier alpha value is -2.77. The second-order valence-corrected chi connectivity index (χ2v) is 4.16. The fraction of sp³-hybridized carbons (Fsp3) is 0.0833. The van der Waals surface area contributed by atoms with Crippen LogP contribution >= 0.6 is 0 Å². The summed E-state index contributed by atoms with van der Waals surface area (Å²) in [5, 5.41) is 15.6. The molecule has 6 nitrogen and oxygen atoms in total. The van der Waals surface area contributed by atoms with Crippen molar-refractivity contribution < 1.29 is 18.7 Å². The first-order chi connectivity index (χ1) is 9.56. The molecule has 0 spiro atoms. The third kappa shape index (κ3) is 1.91. The number of hydrogen-bond donors (Lipinski definition) is 2. The molecule has 0 amide bonds. The molecule has 1 atom stereocenters. The van der Waals surface area contributed by atoms with Gasteiger partial charge in [0, 0.05) is 0 Å². The molecule has 0 fully saturated rings. The predicted molar refractivity (Wildman–Crippen MR) is 63.9 cm³/mol. The van der Waals surface area contributed by atoms with E-state index in [0.717, 1.165) is 12.1 Å². The number of carboxylic acid groups (broad SMARTS) is 1. The molecule has 3 rings (SSSR count). The van der Waals surface area contributed by atoms with Gasteiger partial charge in [0.15, 0.2) is 11.6 Å². The molecule has 0 saturated carbocycles. The lowest BCUT2D eigenvalue weighted by Crippen LogP contribution is -2.24. The van der Waals surface area contributed by atoms with E-state index in [2.05, 4.69) is 15.4 Å². The summed E-state index contributed by atoms with van der Waals surface area (Å²) < 4.78 is 27.7. The molecule has 2 aromatic rings. The Morgan fingerprint density at radius 1 is 1.35 bits per heavy atom. The van der Waals surface area contributed by atoms with Gasteiger partial charge in [0.1, 0.15) is 18.1 Å². The van der Waals surface area contributed by atoms with Crippen LogP contribution < -0.4 is 5.32 Å². The van der Waals surface area contributed by atoms with Crippen molar-refractivity contribution in [3.8, 4) is 0 Å². The Bertz CT molecular complexity index is 726. The summed E-state index contributed by atoms with van der Waals surface area (Å²) in [4.78, 5) is 14.9. The lowest BCUT2D eigenvalue weighted by molar-refractivity contribution is -0.132. The highest BCUT2D eigenvalue weighted by atomic mass is 19.2. The molecule has 0 saturated heterocycles. The van der Waals surface area contributed by atoms with Crippen molar-refractivity contribution in [3.05, 3.63) is 53.5 Å². The van der Waals surface area contributed by atoms with Crippen LogP contribution in [-0.4, -0.2) is 25.8 Å². The molecule has 8 heteroatoms. The van der Waals surface area contributed by atoms with Crippen LogP contribution in [0.4, 0.5) is 14.7 Å². The van der Waals surface area contributed by atoms with Gasteiger partial charge < -0.3 is 10.4 Å². The molecule has 1 aliphatic heterocycles. The Kier molecular flexibility index (Phi) is 2.70. The summed E-state index contributed by atoms with van der Waals surface area (Å²) in [5.74, 6) is -2.93. The number of nitrogens with one attached hydrogen (secondary N) is 1. The van der Waals surface area contributed by atoms with E-state index >= 15 is 0 Å². The number of carboxylic acids is 1. The molecule has 20 heavy (non-hydrogen) atoms. The minimum atomic E-state index is -1.17.